The fourth-order valence-electron chi connectivity index (χ4n) is 2.38. The van der Waals surface area contributed by atoms with Crippen LogP contribution >= 0.6 is 0 Å². The zero-order valence-corrected chi connectivity index (χ0v) is 11.1. The molecule has 0 aromatic heterocycles. The number of alkyl halides is 2. The van der Waals surface area contributed by atoms with E-state index in [1.54, 1.807) is 18.2 Å². The van der Waals surface area contributed by atoms with Crippen LogP contribution in [0.25, 0.3) is 0 Å². The summed E-state index contributed by atoms with van der Waals surface area (Å²) in [7, 11) is 0. The lowest BCUT2D eigenvalue weighted by Crippen LogP contribution is -2.32. The predicted octanol–water partition coefficient (Wildman–Crippen LogP) is 2.15. The first-order chi connectivity index (χ1) is 9.72. The zero-order valence-electron chi connectivity index (χ0n) is 11.1. The molecule has 4 nitrogen and oxygen atoms in total. The van der Waals surface area contributed by atoms with E-state index in [4.69, 9.17) is 0 Å². The van der Waals surface area contributed by atoms with Gasteiger partial charge in [0.25, 0.3) is 0 Å². The standard InChI is InChI=1S/C14H17F2N3O/c15-14(16)20-13-5-2-1-4-11(13)12(10-17)19-8-3-6-18-7-9-19/h1-2,4-5,12,14,18H,3,6-9H2. The molecular formula is C14H17F2N3O. The molecule has 1 unspecified atom stereocenters. The van der Waals surface area contributed by atoms with Gasteiger partial charge in [0.05, 0.1) is 6.07 Å². The number of benzene rings is 1. The van der Waals surface area contributed by atoms with E-state index < -0.39 is 12.7 Å². The first-order valence-electron chi connectivity index (χ1n) is 6.60. The largest absolute Gasteiger partial charge is 0.434 e. The Morgan fingerprint density at radius 1 is 1.25 bits per heavy atom. The minimum atomic E-state index is -2.89. The van der Waals surface area contributed by atoms with Gasteiger partial charge in [0, 0.05) is 25.2 Å². The number of ether oxygens (including phenoxy) is 1. The van der Waals surface area contributed by atoms with E-state index in [0.717, 1.165) is 26.1 Å². The zero-order chi connectivity index (χ0) is 14.4. The monoisotopic (exact) mass is 281 g/mol. The minimum absolute atomic E-state index is 0.0752. The molecule has 1 aromatic carbocycles. The number of nitrogens with zero attached hydrogens (tertiary/aromatic N) is 2. The summed E-state index contributed by atoms with van der Waals surface area (Å²) in [5.74, 6) is 0.0752. The third kappa shape index (κ3) is 3.65. The lowest BCUT2D eigenvalue weighted by Gasteiger charge is -2.26. The highest BCUT2D eigenvalue weighted by atomic mass is 19.3. The molecule has 1 heterocycles. The number of hydrogen-bond donors (Lipinski definition) is 1. The van der Waals surface area contributed by atoms with Gasteiger partial charge in [0.1, 0.15) is 11.8 Å². The summed E-state index contributed by atoms with van der Waals surface area (Å²) in [6.45, 7) is 0.274. The maximum Gasteiger partial charge on any atom is 0.387 e. The second-order valence-electron chi connectivity index (χ2n) is 4.59. The summed E-state index contributed by atoms with van der Waals surface area (Å²) in [6, 6.07) is 8.14. The highest BCUT2D eigenvalue weighted by Crippen LogP contribution is 2.30. The van der Waals surface area contributed by atoms with E-state index in [1.807, 2.05) is 4.90 Å². The quantitative estimate of drug-likeness (QED) is 0.918. The number of halogens is 2. The van der Waals surface area contributed by atoms with Gasteiger partial charge in [-0.05, 0) is 19.0 Å². The van der Waals surface area contributed by atoms with Crippen molar-refractivity contribution >= 4 is 0 Å². The fraction of sp³-hybridized carbons (Fsp3) is 0.500. The Kier molecular flexibility index (Phi) is 5.27. The van der Waals surface area contributed by atoms with Crippen LogP contribution in [-0.2, 0) is 0 Å². The lowest BCUT2D eigenvalue weighted by atomic mass is 10.0. The third-order valence-corrected chi connectivity index (χ3v) is 3.29. The van der Waals surface area contributed by atoms with Crippen LogP contribution in [0.1, 0.15) is 18.0 Å². The van der Waals surface area contributed by atoms with Crippen molar-refractivity contribution in [3.8, 4) is 11.8 Å². The summed E-state index contributed by atoms with van der Waals surface area (Å²) in [4.78, 5) is 1.99. The second kappa shape index (κ2) is 7.17. The molecule has 0 radical (unpaired) electrons. The van der Waals surface area contributed by atoms with Crippen LogP contribution in [0.2, 0.25) is 0 Å². The van der Waals surface area contributed by atoms with Crippen molar-refractivity contribution in [2.75, 3.05) is 26.2 Å². The van der Waals surface area contributed by atoms with Crippen molar-refractivity contribution in [2.24, 2.45) is 0 Å². The smallest absolute Gasteiger partial charge is 0.387 e. The van der Waals surface area contributed by atoms with Crippen LogP contribution in [0.5, 0.6) is 5.75 Å². The highest BCUT2D eigenvalue weighted by Gasteiger charge is 2.24. The molecular weight excluding hydrogens is 264 g/mol. The second-order valence-corrected chi connectivity index (χ2v) is 4.59. The molecule has 1 N–H and O–H groups in total. The van der Waals surface area contributed by atoms with Crippen molar-refractivity contribution in [1.82, 2.24) is 10.2 Å². The van der Waals surface area contributed by atoms with Crippen LogP contribution in [0.4, 0.5) is 8.78 Å². The number of hydrogen-bond acceptors (Lipinski definition) is 4. The number of nitrogens with one attached hydrogen (secondary N) is 1. The molecule has 108 valence electrons. The van der Waals surface area contributed by atoms with E-state index in [9.17, 15) is 14.0 Å². The van der Waals surface area contributed by atoms with Gasteiger partial charge in [0.15, 0.2) is 0 Å². The van der Waals surface area contributed by atoms with Crippen molar-refractivity contribution in [2.45, 2.75) is 19.1 Å². The van der Waals surface area contributed by atoms with Gasteiger partial charge in [-0.15, -0.1) is 0 Å². The molecule has 1 aromatic rings. The minimum Gasteiger partial charge on any atom is -0.434 e. The summed E-state index contributed by atoms with van der Waals surface area (Å²) in [5, 5.41) is 12.7. The normalized spacial score (nSPS) is 18.3. The highest BCUT2D eigenvalue weighted by molar-refractivity contribution is 5.38. The Morgan fingerprint density at radius 2 is 2.05 bits per heavy atom. The molecule has 0 spiro atoms. The topological polar surface area (TPSA) is 48.3 Å². The molecule has 1 atom stereocenters. The van der Waals surface area contributed by atoms with Gasteiger partial charge in [-0.1, -0.05) is 18.2 Å². The van der Waals surface area contributed by atoms with Crippen LogP contribution in [0.15, 0.2) is 24.3 Å². The molecule has 1 saturated heterocycles. The SMILES string of the molecule is N#CC(c1ccccc1OC(F)F)N1CCCNCC1. The molecule has 20 heavy (non-hydrogen) atoms. The van der Waals surface area contributed by atoms with Crippen molar-refractivity contribution in [1.29, 1.82) is 5.26 Å². The Bertz CT molecular complexity index is 468. The van der Waals surface area contributed by atoms with Crippen LogP contribution in [-0.4, -0.2) is 37.7 Å². The Hall–Kier alpha value is -1.71. The number of nitriles is 1. The summed E-state index contributed by atoms with van der Waals surface area (Å²) >= 11 is 0. The van der Waals surface area contributed by atoms with Crippen LogP contribution in [0, 0.1) is 11.3 Å². The summed E-state index contributed by atoms with van der Waals surface area (Å²) in [6.07, 6.45) is 0.927. The van der Waals surface area contributed by atoms with E-state index in [1.165, 1.54) is 6.07 Å². The maximum atomic E-state index is 12.4. The van der Waals surface area contributed by atoms with Crippen molar-refractivity contribution < 1.29 is 13.5 Å². The molecule has 1 fully saturated rings. The van der Waals surface area contributed by atoms with Gasteiger partial charge < -0.3 is 10.1 Å². The molecule has 0 aliphatic carbocycles. The van der Waals surface area contributed by atoms with E-state index >= 15 is 0 Å². The summed E-state index contributed by atoms with van der Waals surface area (Å²) in [5.41, 5.74) is 0.497. The Balaban J connectivity index is 2.24. The molecule has 6 heteroatoms. The molecule has 2 rings (SSSR count). The van der Waals surface area contributed by atoms with E-state index in [-0.39, 0.29) is 5.75 Å². The summed E-state index contributed by atoms with van der Waals surface area (Å²) < 4.78 is 29.4. The molecule has 1 aliphatic rings. The molecule has 0 amide bonds. The van der Waals surface area contributed by atoms with Crippen molar-refractivity contribution in [3.05, 3.63) is 29.8 Å². The predicted molar refractivity (Wildman–Crippen MR) is 70.5 cm³/mol. The maximum absolute atomic E-state index is 12.4. The van der Waals surface area contributed by atoms with E-state index in [0.29, 0.717) is 12.1 Å². The van der Waals surface area contributed by atoms with Gasteiger partial charge in [-0.25, -0.2) is 0 Å². The number of rotatable bonds is 4. The molecule has 0 bridgehead atoms. The lowest BCUT2D eigenvalue weighted by molar-refractivity contribution is -0.0509. The Labute approximate surface area is 116 Å². The Morgan fingerprint density at radius 3 is 2.80 bits per heavy atom. The number of para-hydroxylation sites is 1. The van der Waals surface area contributed by atoms with Crippen molar-refractivity contribution in [3.63, 3.8) is 0 Å². The van der Waals surface area contributed by atoms with Crippen LogP contribution in [0.3, 0.4) is 0 Å². The first-order valence-corrected chi connectivity index (χ1v) is 6.60. The molecule has 0 saturated carbocycles. The van der Waals surface area contributed by atoms with Gasteiger partial charge >= 0.3 is 6.61 Å². The average Bonchev–Trinajstić information content (AvgIpc) is 2.70. The van der Waals surface area contributed by atoms with E-state index in [2.05, 4.69) is 16.1 Å². The van der Waals surface area contributed by atoms with Gasteiger partial charge in [-0.2, -0.15) is 14.0 Å². The third-order valence-electron chi connectivity index (χ3n) is 3.29. The fourth-order valence-corrected chi connectivity index (χ4v) is 2.38. The first kappa shape index (κ1) is 14.7. The average molecular weight is 281 g/mol. The van der Waals surface area contributed by atoms with Gasteiger partial charge in [-0.3, -0.25) is 4.90 Å². The van der Waals surface area contributed by atoms with Gasteiger partial charge in [0.2, 0.25) is 0 Å². The van der Waals surface area contributed by atoms with Crippen LogP contribution < -0.4 is 10.1 Å². The molecule has 1 aliphatic heterocycles.